The number of rotatable bonds is 4. The van der Waals surface area contributed by atoms with Crippen LogP contribution in [0.5, 0.6) is 0 Å². The molecule has 130 valence electrons. The van der Waals surface area contributed by atoms with Gasteiger partial charge in [-0.15, -0.1) is 35.3 Å². The highest BCUT2D eigenvalue weighted by Crippen LogP contribution is 2.38. The lowest BCUT2D eigenvalue weighted by molar-refractivity contribution is 0.156. The van der Waals surface area contributed by atoms with Gasteiger partial charge in [-0.05, 0) is 19.3 Å². The summed E-state index contributed by atoms with van der Waals surface area (Å²) in [5, 5.41) is 6.89. The van der Waals surface area contributed by atoms with Crippen molar-refractivity contribution >= 4 is 41.3 Å². The van der Waals surface area contributed by atoms with Gasteiger partial charge in [-0.25, -0.2) is 4.98 Å². The first-order valence-electron chi connectivity index (χ1n) is 8.21. The van der Waals surface area contributed by atoms with Gasteiger partial charge in [0.25, 0.3) is 0 Å². The molecule has 0 aromatic carbocycles. The Morgan fingerprint density at radius 3 is 3.04 bits per heavy atom. The Hall–Kier alpha value is -0.410. The molecule has 2 saturated heterocycles. The number of thiazole rings is 1. The molecule has 1 aromatic rings. The van der Waals surface area contributed by atoms with E-state index in [1.165, 1.54) is 23.5 Å². The van der Waals surface area contributed by atoms with Crippen molar-refractivity contribution < 1.29 is 4.74 Å². The second kappa shape index (κ2) is 8.62. The molecule has 0 aliphatic carbocycles. The highest BCUT2D eigenvalue weighted by molar-refractivity contribution is 14.0. The van der Waals surface area contributed by atoms with Crippen molar-refractivity contribution in [2.75, 3.05) is 39.9 Å². The van der Waals surface area contributed by atoms with Crippen LogP contribution in [0.25, 0.3) is 0 Å². The summed E-state index contributed by atoms with van der Waals surface area (Å²) in [7, 11) is 1.87. The van der Waals surface area contributed by atoms with E-state index in [9.17, 15) is 0 Å². The van der Waals surface area contributed by atoms with Crippen LogP contribution in [0.2, 0.25) is 0 Å². The number of nitrogens with zero attached hydrogens (tertiary/aromatic N) is 3. The number of aliphatic imine (C=N–C) groups is 1. The third kappa shape index (κ3) is 4.57. The van der Waals surface area contributed by atoms with Gasteiger partial charge in [0.1, 0.15) is 0 Å². The average molecular weight is 450 g/mol. The van der Waals surface area contributed by atoms with E-state index < -0.39 is 0 Å². The van der Waals surface area contributed by atoms with Crippen LogP contribution in [0.15, 0.2) is 10.4 Å². The lowest BCUT2D eigenvalue weighted by atomic mass is 9.87. The molecule has 23 heavy (non-hydrogen) atoms. The number of halogens is 1. The zero-order valence-corrected chi connectivity index (χ0v) is 17.2. The fourth-order valence-corrected chi connectivity index (χ4v) is 4.13. The highest BCUT2D eigenvalue weighted by atomic mass is 127. The summed E-state index contributed by atoms with van der Waals surface area (Å²) >= 11 is 1.76. The zero-order valence-electron chi connectivity index (χ0n) is 14.0. The summed E-state index contributed by atoms with van der Waals surface area (Å²) in [5.74, 6) is 1.02. The van der Waals surface area contributed by atoms with Crippen LogP contribution in [0, 0.1) is 5.41 Å². The molecule has 1 atom stereocenters. The van der Waals surface area contributed by atoms with Gasteiger partial charge in [0.2, 0.25) is 0 Å². The van der Waals surface area contributed by atoms with Crippen molar-refractivity contribution in [1.29, 1.82) is 0 Å². The van der Waals surface area contributed by atoms with Gasteiger partial charge in [-0.3, -0.25) is 4.99 Å². The Morgan fingerprint density at radius 1 is 1.52 bits per heavy atom. The van der Waals surface area contributed by atoms with Crippen LogP contribution in [0.4, 0.5) is 0 Å². The van der Waals surface area contributed by atoms with Crippen LogP contribution in [-0.2, 0) is 17.6 Å². The van der Waals surface area contributed by atoms with E-state index in [2.05, 4.69) is 32.5 Å². The van der Waals surface area contributed by atoms with Crippen LogP contribution >= 0.6 is 35.3 Å². The number of guanidine groups is 1. The molecule has 3 heterocycles. The maximum Gasteiger partial charge on any atom is 0.193 e. The molecule has 1 N–H and O–H groups in total. The number of hydrogen-bond donors (Lipinski definition) is 1. The van der Waals surface area contributed by atoms with E-state index in [4.69, 9.17) is 4.74 Å². The topological polar surface area (TPSA) is 49.8 Å². The molecule has 0 saturated carbocycles. The quantitative estimate of drug-likeness (QED) is 0.435. The van der Waals surface area contributed by atoms with Crippen LogP contribution < -0.4 is 5.32 Å². The van der Waals surface area contributed by atoms with Crippen LogP contribution in [-0.4, -0.2) is 55.7 Å². The Morgan fingerprint density at radius 2 is 2.39 bits per heavy atom. The van der Waals surface area contributed by atoms with Crippen molar-refractivity contribution in [3.05, 3.63) is 16.1 Å². The summed E-state index contributed by atoms with van der Waals surface area (Å²) in [5.41, 5.74) is 1.56. The molecule has 7 heteroatoms. The summed E-state index contributed by atoms with van der Waals surface area (Å²) in [6.45, 7) is 7.03. The van der Waals surface area contributed by atoms with Crippen molar-refractivity contribution in [1.82, 2.24) is 15.2 Å². The Bertz CT molecular complexity index is 528. The molecule has 0 amide bonds. The first kappa shape index (κ1) is 18.9. The van der Waals surface area contributed by atoms with Crippen molar-refractivity contribution in [2.24, 2.45) is 10.4 Å². The second-order valence-corrected chi connectivity index (χ2v) is 7.23. The summed E-state index contributed by atoms with van der Waals surface area (Å²) in [4.78, 5) is 11.4. The van der Waals surface area contributed by atoms with E-state index in [-0.39, 0.29) is 24.0 Å². The predicted octanol–water partition coefficient (Wildman–Crippen LogP) is 2.55. The molecule has 1 aromatic heterocycles. The number of hydrogen-bond acceptors (Lipinski definition) is 4. The smallest absolute Gasteiger partial charge is 0.193 e. The first-order valence-corrected chi connectivity index (χ1v) is 9.09. The van der Waals surface area contributed by atoms with Crippen LogP contribution in [0.1, 0.15) is 30.5 Å². The number of aromatic nitrogens is 1. The number of nitrogens with one attached hydrogen (secondary N) is 1. The predicted molar refractivity (Wildman–Crippen MR) is 106 cm³/mol. The normalized spacial score (nSPS) is 24.3. The third-order valence-electron chi connectivity index (χ3n) is 4.70. The minimum Gasteiger partial charge on any atom is -0.381 e. The summed E-state index contributed by atoms with van der Waals surface area (Å²) < 4.78 is 5.60. The lowest BCUT2D eigenvalue weighted by Gasteiger charge is -2.24. The summed E-state index contributed by atoms with van der Waals surface area (Å²) in [6, 6.07) is 0. The minimum atomic E-state index is 0. The molecule has 1 unspecified atom stereocenters. The molecule has 0 radical (unpaired) electrons. The van der Waals surface area contributed by atoms with Gasteiger partial charge in [0.15, 0.2) is 5.96 Å². The monoisotopic (exact) mass is 450 g/mol. The number of ether oxygens (including phenoxy) is 1. The molecule has 2 fully saturated rings. The van der Waals surface area contributed by atoms with E-state index in [1.54, 1.807) is 11.3 Å². The van der Waals surface area contributed by atoms with E-state index in [0.717, 1.165) is 51.6 Å². The standard InChI is InChI=1S/C16H26N4OS.HI/c1-3-14-19-13(10-22-14)4-7-18-15(17-2)20-8-5-16(11-20)6-9-21-12-16;/h10H,3-9,11-12H2,1-2H3,(H,17,18);1H. The van der Waals surface area contributed by atoms with E-state index in [1.807, 2.05) is 7.05 Å². The highest BCUT2D eigenvalue weighted by Gasteiger charge is 2.42. The third-order valence-corrected chi connectivity index (χ3v) is 5.74. The molecule has 1 spiro atoms. The Kier molecular flexibility index (Phi) is 7.09. The van der Waals surface area contributed by atoms with Gasteiger partial charge in [-0.1, -0.05) is 6.92 Å². The van der Waals surface area contributed by atoms with Gasteiger partial charge in [0.05, 0.1) is 17.3 Å². The molecule has 0 bridgehead atoms. The molecule has 2 aliphatic heterocycles. The average Bonchev–Trinajstić information content (AvgIpc) is 3.26. The fourth-order valence-electron chi connectivity index (χ4n) is 3.35. The molecule has 2 aliphatic rings. The molecular formula is C16H27IN4OS. The van der Waals surface area contributed by atoms with Crippen LogP contribution in [0.3, 0.4) is 0 Å². The zero-order chi connectivity index (χ0) is 15.4. The molecule has 3 rings (SSSR count). The maximum absolute atomic E-state index is 5.60. The number of likely N-dealkylation sites (tertiary alicyclic amines) is 1. The van der Waals surface area contributed by atoms with Gasteiger partial charge < -0.3 is 15.0 Å². The van der Waals surface area contributed by atoms with E-state index >= 15 is 0 Å². The molecule has 5 nitrogen and oxygen atoms in total. The van der Waals surface area contributed by atoms with Crippen molar-refractivity contribution in [3.63, 3.8) is 0 Å². The summed E-state index contributed by atoms with van der Waals surface area (Å²) in [6.07, 6.45) is 4.40. The maximum atomic E-state index is 5.60. The Balaban J connectivity index is 0.00000192. The van der Waals surface area contributed by atoms with Gasteiger partial charge in [0, 0.05) is 50.5 Å². The number of aryl methyl sites for hydroxylation is 1. The van der Waals surface area contributed by atoms with E-state index in [0.29, 0.717) is 5.41 Å². The second-order valence-electron chi connectivity index (χ2n) is 6.28. The minimum absolute atomic E-state index is 0. The van der Waals surface area contributed by atoms with Gasteiger partial charge in [-0.2, -0.15) is 0 Å². The lowest BCUT2D eigenvalue weighted by Crippen LogP contribution is -2.42. The fraction of sp³-hybridized carbons (Fsp3) is 0.750. The first-order chi connectivity index (χ1) is 10.7. The van der Waals surface area contributed by atoms with Crippen molar-refractivity contribution in [2.45, 2.75) is 32.6 Å². The SMILES string of the molecule is CCc1nc(CCNC(=NC)N2CCC3(CCOC3)C2)cs1.I. The van der Waals surface area contributed by atoms with Gasteiger partial charge >= 0.3 is 0 Å². The largest absolute Gasteiger partial charge is 0.381 e. The molecular weight excluding hydrogens is 423 g/mol. The van der Waals surface area contributed by atoms with Crippen molar-refractivity contribution in [3.8, 4) is 0 Å². The Labute approximate surface area is 159 Å².